The van der Waals surface area contributed by atoms with Crippen LogP contribution in [0.15, 0.2) is 59.8 Å². The second-order valence-electron chi connectivity index (χ2n) is 6.42. The molecule has 0 saturated carbocycles. The summed E-state index contributed by atoms with van der Waals surface area (Å²) in [6, 6.07) is 18.0. The number of amides is 1. The van der Waals surface area contributed by atoms with Crippen LogP contribution in [0.4, 0.5) is 5.69 Å². The first kappa shape index (κ1) is 19.2. The number of anilines is 1. The molecule has 5 nitrogen and oxygen atoms in total. The normalized spacial score (nSPS) is 12.0. The van der Waals surface area contributed by atoms with E-state index >= 15 is 0 Å². The average Bonchev–Trinajstić information content (AvgIpc) is 3.05. The molecule has 1 atom stereocenters. The van der Waals surface area contributed by atoms with E-state index in [1.54, 1.807) is 0 Å². The molecule has 0 saturated heterocycles. The summed E-state index contributed by atoms with van der Waals surface area (Å²) in [4.78, 5) is 12.5. The zero-order chi connectivity index (χ0) is 19.2. The Hall–Kier alpha value is -2.60. The van der Waals surface area contributed by atoms with Gasteiger partial charge in [0.05, 0.1) is 5.25 Å². The highest BCUT2D eigenvalue weighted by molar-refractivity contribution is 8.00. The number of benzene rings is 2. The zero-order valence-corrected chi connectivity index (χ0v) is 16.7. The summed E-state index contributed by atoms with van der Waals surface area (Å²) in [7, 11) is 0. The van der Waals surface area contributed by atoms with Crippen LogP contribution in [-0.4, -0.2) is 25.9 Å². The molecule has 6 heteroatoms. The third-order valence-electron chi connectivity index (χ3n) is 4.29. The number of carbonyl (C=O) groups is 1. The molecule has 140 valence electrons. The topological polar surface area (TPSA) is 59.8 Å². The molecule has 27 heavy (non-hydrogen) atoms. The Labute approximate surface area is 164 Å². The number of hydrogen-bond acceptors (Lipinski definition) is 4. The first-order chi connectivity index (χ1) is 13.1. The van der Waals surface area contributed by atoms with E-state index in [-0.39, 0.29) is 11.2 Å². The highest BCUT2D eigenvalue weighted by Crippen LogP contribution is 2.24. The molecule has 0 spiro atoms. The molecular formula is C21H24N4OS. The van der Waals surface area contributed by atoms with E-state index in [0.29, 0.717) is 0 Å². The quantitative estimate of drug-likeness (QED) is 0.620. The van der Waals surface area contributed by atoms with Gasteiger partial charge in [-0.25, -0.2) is 0 Å². The maximum absolute atomic E-state index is 12.5. The standard InChI is InChI=1S/C21H24N4OS/c1-4-25-19(14-17-8-6-5-7-9-17)23-24-21(25)27-16(3)20(26)22-18-12-10-15(2)11-13-18/h5-13,16H,4,14H2,1-3H3,(H,22,26). The van der Waals surface area contributed by atoms with Crippen LogP contribution in [0.1, 0.15) is 30.8 Å². The molecule has 1 amide bonds. The molecule has 1 aromatic heterocycles. The molecule has 0 aliphatic carbocycles. The largest absolute Gasteiger partial charge is 0.325 e. The number of rotatable bonds is 7. The molecule has 1 unspecified atom stereocenters. The zero-order valence-electron chi connectivity index (χ0n) is 15.8. The predicted molar refractivity (Wildman–Crippen MR) is 110 cm³/mol. The minimum Gasteiger partial charge on any atom is -0.325 e. The number of aromatic nitrogens is 3. The Kier molecular flexibility index (Phi) is 6.29. The molecule has 0 aliphatic heterocycles. The monoisotopic (exact) mass is 380 g/mol. The van der Waals surface area contributed by atoms with E-state index < -0.39 is 0 Å². The second kappa shape index (κ2) is 8.86. The maximum Gasteiger partial charge on any atom is 0.237 e. The van der Waals surface area contributed by atoms with E-state index in [4.69, 9.17) is 0 Å². The summed E-state index contributed by atoms with van der Waals surface area (Å²) in [5.74, 6) is 0.872. The molecule has 3 rings (SSSR count). The number of nitrogens with one attached hydrogen (secondary N) is 1. The van der Waals surface area contributed by atoms with Gasteiger partial charge in [0, 0.05) is 18.7 Å². The van der Waals surface area contributed by atoms with Gasteiger partial charge in [-0.2, -0.15) is 0 Å². The van der Waals surface area contributed by atoms with E-state index in [1.165, 1.54) is 17.3 Å². The fourth-order valence-electron chi connectivity index (χ4n) is 2.73. The fraction of sp³-hybridized carbons (Fsp3) is 0.286. The van der Waals surface area contributed by atoms with Crippen molar-refractivity contribution in [2.75, 3.05) is 5.32 Å². The third-order valence-corrected chi connectivity index (χ3v) is 5.37. The second-order valence-corrected chi connectivity index (χ2v) is 7.73. The van der Waals surface area contributed by atoms with Gasteiger partial charge in [-0.15, -0.1) is 10.2 Å². The van der Waals surface area contributed by atoms with Crippen LogP contribution in [0.25, 0.3) is 0 Å². The Bertz CT molecular complexity index is 890. The van der Waals surface area contributed by atoms with Crippen molar-refractivity contribution in [3.63, 3.8) is 0 Å². The molecule has 1 N–H and O–H groups in total. The lowest BCUT2D eigenvalue weighted by atomic mass is 10.1. The average molecular weight is 381 g/mol. The minimum absolute atomic E-state index is 0.0425. The van der Waals surface area contributed by atoms with Gasteiger partial charge in [0.15, 0.2) is 5.16 Å². The summed E-state index contributed by atoms with van der Waals surface area (Å²) < 4.78 is 2.08. The molecule has 0 radical (unpaired) electrons. The lowest BCUT2D eigenvalue weighted by molar-refractivity contribution is -0.115. The van der Waals surface area contributed by atoms with Crippen LogP contribution in [0.2, 0.25) is 0 Å². The SMILES string of the molecule is CCn1c(Cc2ccccc2)nnc1SC(C)C(=O)Nc1ccc(C)cc1. The third kappa shape index (κ3) is 4.98. The minimum atomic E-state index is -0.273. The van der Waals surface area contributed by atoms with Crippen molar-refractivity contribution in [3.05, 3.63) is 71.5 Å². The lowest BCUT2D eigenvalue weighted by Gasteiger charge is -2.13. The van der Waals surface area contributed by atoms with Crippen molar-refractivity contribution in [1.82, 2.24) is 14.8 Å². The van der Waals surface area contributed by atoms with Crippen LogP contribution in [0.5, 0.6) is 0 Å². The number of carbonyl (C=O) groups excluding carboxylic acids is 1. The van der Waals surface area contributed by atoms with Gasteiger partial charge >= 0.3 is 0 Å². The van der Waals surface area contributed by atoms with Gasteiger partial charge in [0.25, 0.3) is 0 Å². The van der Waals surface area contributed by atoms with Crippen LogP contribution < -0.4 is 5.32 Å². The summed E-state index contributed by atoms with van der Waals surface area (Å²) in [5.41, 5.74) is 3.17. The van der Waals surface area contributed by atoms with Crippen LogP contribution in [-0.2, 0) is 17.8 Å². The van der Waals surface area contributed by atoms with Crippen molar-refractivity contribution in [2.45, 2.75) is 44.1 Å². The molecular weight excluding hydrogens is 356 g/mol. The lowest BCUT2D eigenvalue weighted by Crippen LogP contribution is -2.23. The van der Waals surface area contributed by atoms with Gasteiger partial charge in [0.2, 0.25) is 5.91 Å². The Balaban J connectivity index is 1.67. The van der Waals surface area contributed by atoms with Gasteiger partial charge in [-0.3, -0.25) is 4.79 Å². The smallest absolute Gasteiger partial charge is 0.237 e. The molecule has 0 fully saturated rings. The Morgan fingerprint density at radius 3 is 2.48 bits per heavy atom. The van der Waals surface area contributed by atoms with Crippen molar-refractivity contribution in [2.24, 2.45) is 0 Å². The Morgan fingerprint density at radius 2 is 1.81 bits per heavy atom. The maximum atomic E-state index is 12.5. The Morgan fingerprint density at radius 1 is 1.11 bits per heavy atom. The highest BCUT2D eigenvalue weighted by Gasteiger charge is 2.20. The van der Waals surface area contributed by atoms with Gasteiger partial charge in [-0.1, -0.05) is 59.8 Å². The van der Waals surface area contributed by atoms with Gasteiger partial charge in [0.1, 0.15) is 5.82 Å². The number of nitrogens with zero attached hydrogens (tertiary/aromatic N) is 3. The molecule has 0 bridgehead atoms. The van der Waals surface area contributed by atoms with Crippen LogP contribution in [0.3, 0.4) is 0 Å². The van der Waals surface area contributed by atoms with Crippen molar-refractivity contribution < 1.29 is 4.79 Å². The highest BCUT2D eigenvalue weighted by atomic mass is 32.2. The van der Waals surface area contributed by atoms with E-state index in [1.807, 2.05) is 56.3 Å². The van der Waals surface area contributed by atoms with Crippen molar-refractivity contribution in [1.29, 1.82) is 0 Å². The van der Waals surface area contributed by atoms with Crippen LogP contribution >= 0.6 is 11.8 Å². The molecule has 3 aromatic rings. The van der Waals surface area contributed by atoms with Crippen molar-refractivity contribution >= 4 is 23.4 Å². The number of hydrogen-bond donors (Lipinski definition) is 1. The summed E-state index contributed by atoms with van der Waals surface area (Å²) in [6.45, 7) is 6.75. The first-order valence-corrected chi connectivity index (χ1v) is 9.95. The summed E-state index contributed by atoms with van der Waals surface area (Å²) in [5, 5.41) is 12.1. The first-order valence-electron chi connectivity index (χ1n) is 9.07. The molecule has 2 aromatic carbocycles. The summed E-state index contributed by atoms with van der Waals surface area (Å²) >= 11 is 1.43. The summed E-state index contributed by atoms with van der Waals surface area (Å²) in [6.07, 6.45) is 0.728. The predicted octanol–water partition coefficient (Wildman–Crippen LogP) is 4.32. The number of aryl methyl sites for hydroxylation is 1. The fourth-order valence-corrected chi connectivity index (χ4v) is 3.66. The number of thioether (sulfide) groups is 1. The molecule has 0 aliphatic rings. The van der Waals surface area contributed by atoms with Crippen LogP contribution in [0, 0.1) is 6.92 Å². The van der Waals surface area contributed by atoms with Crippen molar-refractivity contribution in [3.8, 4) is 0 Å². The van der Waals surface area contributed by atoms with Gasteiger partial charge in [-0.05, 0) is 38.5 Å². The molecule has 1 heterocycles. The van der Waals surface area contributed by atoms with E-state index in [2.05, 4.69) is 39.1 Å². The van der Waals surface area contributed by atoms with E-state index in [9.17, 15) is 4.79 Å². The van der Waals surface area contributed by atoms with Gasteiger partial charge < -0.3 is 9.88 Å². The van der Waals surface area contributed by atoms with E-state index in [0.717, 1.165) is 35.2 Å².